The van der Waals surface area contributed by atoms with Crippen molar-refractivity contribution in [3.8, 4) is 0 Å². The zero-order valence-corrected chi connectivity index (χ0v) is 15.2. The van der Waals surface area contributed by atoms with Crippen LogP contribution in [0, 0.1) is 5.41 Å². The van der Waals surface area contributed by atoms with E-state index in [0.29, 0.717) is 40.7 Å². The lowest BCUT2D eigenvalue weighted by Crippen LogP contribution is -2.11. The van der Waals surface area contributed by atoms with Crippen LogP contribution in [0.3, 0.4) is 0 Å². The van der Waals surface area contributed by atoms with Crippen LogP contribution in [0.25, 0.3) is 11.0 Å². The van der Waals surface area contributed by atoms with E-state index in [4.69, 9.17) is 20.4 Å². The van der Waals surface area contributed by atoms with Gasteiger partial charge in [0.15, 0.2) is 5.76 Å². The van der Waals surface area contributed by atoms with Gasteiger partial charge in [0.05, 0.1) is 5.69 Å². The third-order valence-corrected chi connectivity index (χ3v) is 3.93. The highest BCUT2D eigenvalue weighted by atomic mass is 16.7. The Labute approximate surface area is 161 Å². The molecule has 2 aromatic carbocycles. The van der Waals surface area contributed by atoms with E-state index in [0.717, 1.165) is 0 Å². The molecule has 5 N–H and O–H groups in total. The molecule has 0 radical (unpaired) electrons. The Kier molecular flexibility index (Phi) is 5.59. The average molecular weight is 380 g/mol. The SMILES string of the molecule is CCCC(=O)ONc1ccc(NC(=O)c2cc3cc(C(=N)N)ccc3o2)cc1. The standard InChI is InChI=1S/C20H20N4O4/c1-2-3-18(25)28-24-15-7-5-14(6-8-15)23-20(26)17-11-13-10-12(19(21)22)4-9-16(13)27-17/h4-11,24H,2-3H2,1H3,(H3,21,22)(H,23,26). The minimum Gasteiger partial charge on any atom is -0.451 e. The molecule has 144 valence electrons. The number of amides is 1. The van der Waals surface area contributed by atoms with Gasteiger partial charge in [-0.1, -0.05) is 6.92 Å². The molecule has 0 atom stereocenters. The molecular formula is C20H20N4O4. The van der Waals surface area contributed by atoms with Crippen LogP contribution in [0.1, 0.15) is 35.9 Å². The molecule has 1 amide bonds. The van der Waals surface area contributed by atoms with Gasteiger partial charge in [-0.3, -0.25) is 10.2 Å². The van der Waals surface area contributed by atoms with Gasteiger partial charge in [0.25, 0.3) is 5.91 Å². The predicted molar refractivity (Wildman–Crippen MR) is 106 cm³/mol. The van der Waals surface area contributed by atoms with Gasteiger partial charge in [-0.15, -0.1) is 0 Å². The second-order valence-corrected chi connectivity index (χ2v) is 6.13. The van der Waals surface area contributed by atoms with Gasteiger partial charge < -0.3 is 20.3 Å². The van der Waals surface area contributed by atoms with Crippen molar-refractivity contribution in [2.45, 2.75) is 19.8 Å². The summed E-state index contributed by atoms with van der Waals surface area (Å²) < 4.78 is 5.56. The van der Waals surface area contributed by atoms with E-state index in [1.165, 1.54) is 0 Å². The predicted octanol–water partition coefficient (Wildman–Crippen LogP) is 3.64. The van der Waals surface area contributed by atoms with Crippen LogP contribution in [-0.4, -0.2) is 17.7 Å². The van der Waals surface area contributed by atoms with Crippen molar-refractivity contribution in [1.29, 1.82) is 5.41 Å². The number of furan rings is 1. The third-order valence-electron chi connectivity index (χ3n) is 3.93. The Hall–Kier alpha value is -3.81. The fourth-order valence-electron chi connectivity index (χ4n) is 2.51. The first-order valence-electron chi connectivity index (χ1n) is 8.71. The van der Waals surface area contributed by atoms with Crippen LogP contribution < -0.4 is 16.5 Å². The maximum atomic E-state index is 12.4. The Balaban J connectivity index is 1.65. The van der Waals surface area contributed by atoms with Gasteiger partial charge in [0.2, 0.25) is 0 Å². The number of nitrogens with one attached hydrogen (secondary N) is 3. The number of anilines is 2. The Morgan fingerprint density at radius 3 is 2.50 bits per heavy atom. The van der Waals surface area contributed by atoms with Crippen molar-refractivity contribution in [1.82, 2.24) is 0 Å². The molecule has 3 rings (SSSR count). The number of carbonyl (C=O) groups is 2. The van der Waals surface area contributed by atoms with E-state index >= 15 is 0 Å². The minimum atomic E-state index is -0.407. The summed E-state index contributed by atoms with van der Waals surface area (Å²) >= 11 is 0. The second kappa shape index (κ2) is 8.26. The van der Waals surface area contributed by atoms with Gasteiger partial charge in [-0.05, 0) is 55.0 Å². The summed E-state index contributed by atoms with van der Waals surface area (Å²) in [6.45, 7) is 1.89. The van der Waals surface area contributed by atoms with Crippen LogP contribution in [0.15, 0.2) is 52.9 Å². The molecule has 0 unspecified atom stereocenters. The first-order valence-corrected chi connectivity index (χ1v) is 8.71. The van der Waals surface area contributed by atoms with Crippen LogP contribution >= 0.6 is 0 Å². The summed E-state index contributed by atoms with van der Waals surface area (Å²) in [5.74, 6) is -0.650. The van der Waals surface area contributed by atoms with Gasteiger partial charge >= 0.3 is 5.97 Å². The molecule has 1 heterocycles. The summed E-state index contributed by atoms with van der Waals surface area (Å²) in [5, 5.41) is 10.9. The quantitative estimate of drug-likeness (QED) is 0.281. The average Bonchev–Trinajstić information content (AvgIpc) is 3.11. The number of carbonyl (C=O) groups excluding carboxylic acids is 2. The summed E-state index contributed by atoms with van der Waals surface area (Å²) in [4.78, 5) is 28.7. The van der Waals surface area contributed by atoms with E-state index < -0.39 is 5.91 Å². The van der Waals surface area contributed by atoms with Crippen molar-refractivity contribution in [3.63, 3.8) is 0 Å². The summed E-state index contributed by atoms with van der Waals surface area (Å²) in [7, 11) is 0. The van der Waals surface area contributed by atoms with Crippen LogP contribution in [0.5, 0.6) is 0 Å². The van der Waals surface area contributed by atoms with Gasteiger partial charge in [-0.25, -0.2) is 10.3 Å². The fourth-order valence-corrected chi connectivity index (χ4v) is 2.51. The molecule has 0 saturated carbocycles. The van der Waals surface area contributed by atoms with Gasteiger partial charge in [-0.2, -0.15) is 0 Å². The highest BCUT2D eigenvalue weighted by Crippen LogP contribution is 2.22. The van der Waals surface area contributed by atoms with Gasteiger partial charge in [0, 0.05) is 23.1 Å². The number of hydrogen-bond acceptors (Lipinski definition) is 6. The summed E-state index contributed by atoms with van der Waals surface area (Å²) in [6, 6.07) is 13.3. The molecule has 0 spiro atoms. The number of nitrogens with two attached hydrogens (primary N) is 1. The Bertz CT molecular complexity index is 1020. The van der Waals surface area contributed by atoms with Crippen molar-refractivity contribution >= 4 is 40.1 Å². The summed E-state index contributed by atoms with van der Waals surface area (Å²) in [6.07, 6.45) is 1.05. The van der Waals surface area contributed by atoms with Crippen LogP contribution in [-0.2, 0) is 9.63 Å². The van der Waals surface area contributed by atoms with E-state index in [9.17, 15) is 9.59 Å². The molecule has 0 aliphatic rings. The number of nitrogen functional groups attached to an aromatic ring is 1. The lowest BCUT2D eigenvalue weighted by molar-refractivity contribution is -0.140. The van der Waals surface area contributed by atoms with E-state index in [2.05, 4.69) is 10.8 Å². The molecule has 0 bridgehead atoms. The Morgan fingerprint density at radius 1 is 1.11 bits per heavy atom. The topological polar surface area (TPSA) is 130 Å². The van der Waals surface area contributed by atoms with E-state index in [-0.39, 0.29) is 17.6 Å². The van der Waals surface area contributed by atoms with Crippen molar-refractivity contribution < 1.29 is 18.8 Å². The monoisotopic (exact) mass is 380 g/mol. The van der Waals surface area contributed by atoms with Gasteiger partial charge in [0.1, 0.15) is 11.4 Å². The van der Waals surface area contributed by atoms with Crippen molar-refractivity contribution in [3.05, 3.63) is 59.9 Å². The second-order valence-electron chi connectivity index (χ2n) is 6.13. The summed E-state index contributed by atoms with van der Waals surface area (Å²) in [5.41, 5.74) is 10.3. The smallest absolute Gasteiger partial charge is 0.332 e. The lowest BCUT2D eigenvalue weighted by atomic mass is 10.1. The number of hydrogen-bond donors (Lipinski definition) is 4. The fraction of sp³-hybridized carbons (Fsp3) is 0.150. The molecule has 0 aliphatic carbocycles. The molecule has 3 aromatic rings. The maximum Gasteiger partial charge on any atom is 0.332 e. The maximum absolute atomic E-state index is 12.4. The number of rotatable bonds is 7. The largest absolute Gasteiger partial charge is 0.451 e. The van der Waals surface area contributed by atoms with Crippen LogP contribution in [0.4, 0.5) is 11.4 Å². The zero-order valence-electron chi connectivity index (χ0n) is 15.2. The molecule has 28 heavy (non-hydrogen) atoms. The highest BCUT2D eigenvalue weighted by molar-refractivity contribution is 6.05. The highest BCUT2D eigenvalue weighted by Gasteiger charge is 2.13. The van der Waals surface area contributed by atoms with E-state index in [1.807, 2.05) is 6.92 Å². The number of amidine groups is 1. The van der Waals surface area contributed by atoms with Crippen LogP contribution in [0.2, 0.25) is 0 Å². The third kappa shape index (κ3) is 4.47. The molecule has 0 saturated heterocycles. The molecule has 0 aliphatic heterocycles. The first kappa shape index (κ1) is 19.0. The minimum absolute atomic E-state index is 0.0526. The van der Waals surface area contributed by atoms with Crippen molar-refractivity contribution in [2.75, 3.05) is 10.8 Å². The lowest BCUT2D eigenvalue weighted by Gasteiger charge is -2.07. The Morgan fingerprint density at radius 2 is 1.82 bits per heavy atom. The van der Waals surface area contributed by atoms with E-state index in [1.54, 1.807) is 48.5 Å². The number of fused-ring (bicyclic) bond motifs is 1. The molecule has 8 heteroatoms. The first-order chi connectivity index (χ1) is 13.5. The molecular weight excluding hydrogens is 360 g/mol. The van der Waals surface area contributed by atoms with Crippen molar-refractivity contribution in [2.24, 2.45) is 5.73 Å². The number of benzene rings is 2. The zero-order chi connectivity index (χ0) is 20.1. The molecule has 0 fully saturated rings. The molecule has 8 nitrogen and oxygen atoms in total. The molecule has 1 aromatic heterocycles. The normalized spacial score (nSPS) is 10.5.